The van der Waals surface area contributed by atoms with Gasteiger partial charge in [0.1, 0.15) is 5.82 Å². The quantitative estimate of drug-likeness (QED) is 0.452. The van der Waals surface area contributed by atoms with Crippen LogP contribution >= 0.6 is 11.6 Å². The van der Waals surface area contributed by atoms with Crippen LogP contribution < -0.4 is 4.90 Å². The van der Waals surface area contributed by atoms with Crippen molar-refractivity contribution in [2.24, 2.45) is 0 Å². The number of carbonyl (C=O) groups is 1. The SMILES string of the molecule is [C-]#[N+]C1(c2ccc(Cl)cc2)CCN(c2c(C(=O)N3CCN(S(C)(=O)=O)CC3)cnc3ccc(F)cc23)CC1. The molecule has 1 amide bonds. The average Bonchev–Trinajstić information content (AvgIpc) is 2.92. The van der Waals surface area contributed by atoms with Crippen LogP contribution in [0.5, 0.6) is 0 Å². The van der Waals surface area contributed by atoms with Gasteiger partial charge in [-0.3, -0.25) is 9.78 Å². The van der Waals surface area contributed by atoms with E-state index in [2.05, 4.69) is 9.83 Å². The van der Waals surface area contributed by atoms with E-state index in [4.69, 9.17) is 18.2 Å². The Labute approximate surface area is 226 Å². The first-order valence-corrected chi connectivity index (χ1v) is 14.6. The van der Waals surface area contributed by atoms with Gasteiger partial charge in [0.05, 0.1) is 23.0 Å². The lowest BCUT2D eigenvalue weighted by molar-refractivity contribution is 0.0698. The first kappa shape index (κ1) is 26.4. The van der Waals surface area contributed by atoms with Crippen LogP contribution in [0.25, 0.3) is 15.7 Å². The third-order valence-electron chi connectivity index (χ3n) is 7.53. The summed E-state index contributed by atoms with van der Waals surface area (Å²) in [6, 6.07) is 11.7. The molecule has 2 aliphatic heterocycles. The van der Waals surface area contributed by atoms with Gasteiger partial charge in [-0.1, -0.05) is 11.6 Å². The van der Waals surface area contributed by atoms with Crippen molar-refractivity contribution in [3.63, 3.8) is 0 Å². The van der Waals surface area contributed by atoms with Crippen LogP contribution in [0, 0.1) is 12.4 Å². The van der Waals surface area contributed by atoms with Gasteiger partial charge in [-0.05, 0) is 42.5 Å². The van der Waals surface area contributed by atoms with Crippen molar-refractivity contribution < 1.29 is 17.6 Å². The predicted octanol–water partition coefficient (Wildman–Crippen LogP) is 4.16. The lowest BCUT2D eigenvalue weighted by atomic mass is 9.81. The van der Waals surface area contributed by atoms with Crippen molar-refractivity contribution in [3.8, 4) is 0 Å². The van der Waals surface area contributed by atoms with Crippen LogP contribution in [0.2, 0.25) is 5.02 Å². The van der Waals surface area contributed by atoms with E-state index in [1.807, 2.05) is 17.0 Å². The third kappa shape index (κ3) is 4.94. The zero-order valence-corrected chi connectivity index (χ0v) is 22.5. The number of carbonyl (C=O) groups excluding carboxylic acids is 1. The number of piperidine rings is 1. The summed E-state index contributed by atoms with van der Waals surface area (Å²) in [4.78, 5) is 25.8. The van der Waals surface area contributed by atoms with E-state index < -0.39 is 21.4 Å². The van der Waals surface area contributed by atoms with Crippen molar-refractivity contribution in [2.75, 3.05) is 50.4 Å². The molecule has 8 nitrogen and oxygen atoms in total. The largest absolute Gasteiger partial charge is 0.370 e. The Morgan fingerprint density at radius 2 is 1.71 bits per heavy atom. The van der Waals surface area contributed by atoms with E-state index in [1.165, 1.54) is 22.6 Å². The van der Waals surface area contributed by atoms with Crippen LogP contribution in [-0.4, -0.2) is 74.0 Å². The van der Waals surface area contributed by atoms with Gasteiger partial charge in [-0.25, -0.2) is 19.4 Å². The summed E-state index contributed by atoms with van der Waals surface area (Å²) in [6.45, 7) is 9.89. The Bertz CT molecular complexity index is 1520. The fourth-order valence-corrected chi connectivity index (χ4v) is 6.32. The van der Waals surface area contributed by atoms with Crippen LogP contribution in [0.3, 0.4) is 0 Å². The van der Waals surface area contributed by atoms with Gasteiger partial charge in [0.2, 0.25) is 10.0 Å². The molecular formula is C27H27ClFN5O3S. The van der Waals surface area contributed by atoms with Gasteiger partial charge < -0.3 is 14.6 Å². The number of fused-ring (bicyclic) bond motifs is 1. The summed E-state index contributed by atoms with van der Waals surface area (Å²) in [5.41, 5.74) is 1.71. The minimum Gasteiger partial charge on any atom is -0.370 e. The number of amides is 1. The molecule has 0 aliphatic carbocycles. The molecule has 2 fully saturated rings. The number of hydrogen-bond acceptors (Lipinski definition) is 5. The number of sulfonamides is 1. The fourth-order valence-electron chi connectivity index (χ4n) is 5.37. The van der Waals surface area contributed by atoms with E-state index in [0.717, 1.165) is 11.8 Å². The summed E-state index contributed by atoms with van der Waals surface area (Å²) in [7, 11) is -3.34. The second-order valence-electron chi connectivity index (χ2n) is 9.77. The average molecular weight is 556 g/mol. The summed E-state index contributed by atoms with van der Waals surface area (Å²) in [6.07, 6.45) is 3.74. The predicted molar refractivity (Wildman–Crippen MR) is 145 cm³/mol. The molecule has 2 aliphatic rings. The molecular weight excluding hydrogens is 529 g/mol. The standard InChI is InChI=1S/C27H27ClFN5O3S/c1-30-27(19-3-5-20(28)6-4-19)9-11-32(12-10-27)25-22-17-21(29)7-8-24(22)31-18-23(25)26(35)33-13-15-34(16-14-33)38(2,36)37/h3-8,17-18H,9-16H2,2H3. The van der Waals surface area contributed by atoms with Crippen LogP contribution in [-0.2, 0) is 15.6 Å². The molecule has 1 aromatic heterocycles. The number of piperazine rings is 1. The molecule has 0 N–H and O–H groups in total. The second-order valence-corrected chi connectivity index (χ2v) is 12.2. The maximum atomic E-state index is 14.4. The van der Waals surface area contributed by atoms with Crippen LogP contribution in [0.1, 0.15) is 28.8 Å². The Balaban J connectivity index is 1.48. The molecule has 198 valence electrons. The van der Waals surface area contributed by atoms with Gasteiger partial charge in [0.25, 0.3) is 11.4 Å². The summed E-state index contributed by atoms with van der Waals surface area (Å²) < 4.78 is 39.6. The monoisotopic (exact) mass is 555 g/mol. The van der Waals surface area contributed by atoms with Crippen LogP contribution in [0.4, 0.5) is 10.1 Å². The molecule has 5 rings (SSSR count). The van der Waals surface area contributed by atoms with Gasteiger partial charge in [-0.2, -0.15) is 4.31 Å². The number of rotatable bonds is 4. The fraction of sp³-hybridized carbons (Fsp3) is 0.370. The minimum absolute atomic E-state index is 0.216. The van der Waals surface area contributed by atoms with E-state index in [9.17, 15) is 17.6 Å². The molecule has 3 aromatic rings. The van der Waals surface area contributed by atoms with Gasteiger partial charge in [-0.15, -0.1) is 0 Å². The highest BCUT2D eigenvalue weighted by Crippen LogP contribution is 2.41. The number of anilines is 1. The van der Waals surface area contributed by atoms with Crippen molar-refractivity contribution >= 4 is 44.1 Å². The maximum absolute atomic E-state index is 14.4. The van der Waals surface area contributed by atoms with E-state index in [0.29, 0.717) is 53.1 Å². The normalized spacial score (nSPS) is 18.4. The molecule has 11 heteroatoms. The number of pyridine rings is 1. The van der Waals surface area contributed by atoms with E-state index in [1.54, 1.807) is 23.1 Å². The first-order valence-electron chi connectivity index (χ1n) is 12.3. The molecule has 0 bridgehead atoms. The van der Waals surface area contributed by atoms with Gasteiger partial charge in [0.15, 0.2) is 0 Å². The zero-order chi connectivity index (χ0) is 27.1. The molecule has 0 atom stereocenters. The van der Waals surface area contributed by atoms with Crippen molar-refractivity contribution in [1.82, 2.24) is 14.2 Å². The van der Waals surface area contributed by atoms with Crippen molar-refractivity contribution in [2.45, 2.75) is 18.4 Å². The summed E-state index contributed by atoms with van der Waals surface area (Å²) in [5.74, 6) is -0.702. The van der Waals surface area contributed by atoms with Gasteiger partial charge >= 0.3 is 0 Å². The lowest BCUT2D eigenvalue weighted by Crippen LogP contribution is -2.50. The highest BCUT2D eigenvalue weighted by atomic mass is 35.5. The molecule has 0 unspecified atom stereocenters. The number of nitrogens with zero attached hydrogens (tertiary/aromatic N) is 5. The highest BCUT2D eigenvalue weighted by molar-refractivity contribution is 7.88. The summed E-state index contributed by atoms with van der Waals surface area (Å²) >= 11 is 6.06. The van der Waals surface area contributed by atoms with E-state index in [-0.39, 0.29) is 32.1 Å². The Kier molecular flexibility index (Phi) is 7.03. The molecule has 3 heterocycles. The Hall–Kier alpha value is -3.26. The van der Waals surface area contributed by atoms with Crippen molar-refractivity contribution in [1.29, 1.82) is 0 Å². The first-order chi connectivity index (χ1) is 18.1. The molecule has 2 aromatic carbocycles. The minimum atomic E-state index is -3.34. The Morgan fingerprint density at radius 3 is 2.32 bits per heavy atom. The number of aromatic nitrogens is 1. The molecule has 0 radical (unpaired) electrons. The second kappa shape index (κ2) is 10.1. The maximum Gasteiger partial charge on any atom is 0.260 e. The highest BCUT2D eigenvalue weighted by Gasteiger charge is 2.43. The lowest BCUT2D eigenvalue weighted by Gasteiger charge is -2.38. The van der Waals surface area contributed by atoms with Gasteiger partial charge in [0, 0.05) is 74.3 Å². The molecule has 0 saturated carbocycles. The number of halogens is 2. The van der Waals surface area contributed by atoms with E-state index >= 15 is 0 Å². The molecule has 2 saturated heterocycles. The number of hydrogen-bond donors (Lipinski definition) is 0. The van der Waals surface area contributed by atoms with Crippen LogP contribution in [0.15, 0.2) is 48.7 Å². The molecule has 0 spiro atoms. The summed E-state index contributed by atoms with van der Waals surface area (Å²) in [5, 5.41) is 1.14. The topological polar surface area (TPSA) is 78.2 Å². The third-order valence-corrected chi connectivity index (χ3v) is 9.08. The van der Waals surface area contributed by atoms with Crippen molar-refractivity contribution in [3.05, 3.63) is 82.0 Å². The zero-order valence-electron chi connectivity index (χ0n) is 20.9. The smallest absolute Gasteiger partial charge is 0.260 e. The molecule has 38 heavy (non-hydrogen) atoms. The number of benzene rings is 2. The Morgan fingerprint density at radius 1 is 1.05 bits per heavy atom.